The predicted octanol–water partition coefficient (Wildman–Crippen LogP) is 1.63. The fourth-order valence-electron chi connectivity index (χ4n) is 1.51. The molecule has 0 fully saturated rings. The number of nitrogen functional groups attached to an aromatic ring is 1. The van der Waals surface area contributed by atoms with Crippen molar-refractivity contribution in [3.8, 4) is 0 Å². The number of hydrogen-bond donors (Lipinski definition) is 1. The van der Waals surface area contributed by atoms with E-state index in [0.717, 1.165) is 11.0 Å². The molecule has 0 saturated heterocycles. The minimum absolute atomic E-state index is 0.0328. The van der Waals surface area contributed by atoms with Crippen LogP contribution in [0.5, 0.6) is 0 Å². The van der Waals surface area contributed by atoms with Crippen LogP contribution in [0.2, 0.25) is 0 Å². The van der Waals surface area contributed by atoms with Crippen molar-refractivity contribution >= 4 is 17.5 Å². The van der Waals surface area contributed by atoms with E-state index in [4.69, 9.17) is 5.73 Å². The molecule has 2 rings (SSSR count). The minimum atomic E-state index is -0.745. The Morgan fingerprint density at radius 3 is 2.87 bits per heavy atom. The smallest absolute Gasteiger partial charge is 0.414 e. The number of carbonyl (C=O) groups excluding carboxylic acids is 1. The van der Waals surface area contributed by atoms with Crippen molar-refractivity contribution in [3.05, 3.63) is 23.3 Å². The van der Waals surface area contributed by atoms with Crippen LogP contribution in [0.25, 0.3) is 0 Å². The van der Waals surface area contributed by atoms with Crippen molar-refractivity contribution in [2.75, 3.05) is 17.7 Å². The molecule has 0 bridgehead atoms. The van der Waals surface area contributed by atoms with E-state index in [-0.39, 0.29) is 23.5 Å². The molecule has 2 N–H and O–H groups in total. The van der Waals surface area contributed by atoms with Crippen LogP contribution in [0.15, 0.2) is 6.07 Å². The highest BCUT2D eigenvalue weighted by Crippen LogP contribution is 2.33. The average molecular weight is 214 g/mol. The quantitative estimate of drug-likeness (QED) is 0.668. The van der Waals surface area contributed by atoms with Gasteiger partial charge in [-0.05, 0) is 0 Å². The molecule has 1 amide bonds. The summed E-state index contributed by atoms with van der Waals surface area (Å²) in [6.45, 7) is -0.299. The highest BCUT2D eigenvalue weighted by Gasteiger charge is 2.29. The van der Waals surface area contributed by atoms with Crippen LogP contribution in [0.3, 0.4) is 0 Å². The first-order chi connectivity index (χ1) is 7.02. The van der Waals surface area contributed by atoms with E-state index in [1.54, 1.807) is 0 Å². The number of anilines is 2. The highest BCUT2D eigenvalue weighted by molar-refractivity contribution is 5.90. The number of cyclic esters (lactones) is 1. The largest absolute Gasteiger partial charge is 0.444 e. The summed E-state index contributed by atoms with van der Waals surface area (Å²) in [4.78, 5) is 12.0. The molecule has 0 saturated carbocycles. The van der Waals surface area contributed by atoms with Crippen molar-refractivity contribution in [1.29, 1.82) is 0 Å². The molecule has 15 heavy (non-hydrogen) atoms. The number of fused-ring (bicyclic) bond motifs is 1. The first-order valence-electron chi connectivity index (χ1n) is 4.19. The van der Waals surface area contributed by atoms with E-state index < -0.39 is 17.7 Å². The van der Waals surface area contributed by atoms with Gasteiger partial charge in [-0.2, -0.15) is 0 Å². The number of ether oxygens (including phenoxy) is 1. The normalized spacial score (nSPS) is 14.9. The Morgan fingerprint density at radius 2 is 2.20 bits per heavy atom. The van der Waals surface area contributed by atoms with E-state index >= 15 is 0 Å². The Labute approximate surface area is 84.2 Å². The molecule has 1 aliphatic heterocycles. The Bertz CT molecular complexity index is 448. The molecule has 0 spiro atoms. The maximum Gasteiger partial charge on any atom is 0.414 e. The maximum absolute atomic E-state index is 13.5. The number of hydrogen-bond acceptors (Lipinski definition) is 3. The first kappa shape index (κ1) is 9.70. The lowest BCUT2D eigenvalue weighted by Crippen LogP contribution is -2.33. The summed E-state index contributed by atoms with van der Waals surface area (Å²) < 4.78 is 31.5. The second kappa shape index (κ2) is 3.08. The zero-order valence-electron chi connectivity index (χ0n) is 7.88. The molecule has 1 heterocycles. The molecule has 6 heteroatoms. The van der Waals surface area contributed by atoms with Gasteiger partial charge >= 0.3 is 6.09 Å². The van der Waals surface area contributed by atoms with Gasteiger partial charge in [0.25, 0.3) is 0 Å². The van der Waals surface area contributed by atoms with Crippen LogP contribution in [0.4, 0.5) is 25.0 Å². The van der Waals surface area contributed by atoms with Crippen LogP contribution in [0.1, 0.15) is 5.56 Å². The van der Waals surface area contributed by atoms with Crippen molar-refractivity contribution in [3.63, 3.8) is 0 Å². The minimum Gasteiger partial charge on any atom is -0.444 e. The van der Waals surface area contributed by atoms with Crippen LogP contribution in [-0.2, 0) is 11.3 Å². The number of carbonyl (C=O) groups is 1. The van der Waals surface area contributed by atoms with Crippen LogP contribution in [-0.4, -0.2) is 13.1 Å². The Balaban J connectivity index is 2.69. The molecule has 1 aliphatic rings. The van der Waals surface area contributed by atoms with Gasteiger partial charge in [-0.15, -0.1) is 0 Å². The Kier molecular flexibility index (Phi) is 1.99. The van der Waals surface area contributed by atoms with E-state index in [1.807, 2.05) is 0 Å². The zero-order chi connectivity index (χ0) is 11.2. The second-order valence-electron chi connectivity index (χ2n) is 3.20. The van der Waals surface area contributed by atoms with Gasteiger partial charge in [0, 0.05) is 13.1 Å². The molecular formula is C9H8F2N2O2. The van der Waals surface area contributed by atoms with Gasteiger partial charge in [0.05, 0.1) is 16.9 Å². The predicted molar refractivity (Wildman–Crippen MR) is 49.4 cm³/mol. The van der Waals surface area contributed by atoms with E-state index in [1.165, 1.54) is 7.05 Å². The van der Waals surface area contributed by atoms with Gasteiger partial charge in [0.1, 0.15) is 12.4 Å². The second-order valence-corrected chi connectivity index (χ2v) is 3.20. The topological polar surface area (TPSA) is 55.6 Å². The summed E-state index contributed by atoms with van der Waals surface area (Å²) in [7, 11) is 1.30. The third-order valence-corrected chi connectivity index (χ3v) is 2.26. The molecule has 1 aromatic carbocycles. The van der Waals surface area contributed by atoms with Gasteiger partial charge in [0.15, 0.2) is 5.82 Å². The summed E-state index contributed by atoms with van der Waals surface area (Å²) in [5.41, 5.74) is 4.81. The van der Waals surface area contributed by atoms with Crippen molar-refractivity contribution in [2.45, 2.75) is 6.61 Å². The number of amides is 1. The third-order valence-electron chi connectivity index (χ3n) is 2.26. The van der Waals surface area contributed by atoms with Crippen LogP contribution in [0, 0.1) is 11.6 Å². The number of nitrogens with zero attached hydrogens (tertiary/aromatic N) is 1. The monoisotopic (exact) mass is 214 g/mol. The molecule has 0 aliphatic carbocycles. The summed E-state index contributed by atoms with van der Waals surface area (Å²) in [5.74, 6) is -1.48. The fraction of sp³-hybridized carbons (Fsp3) is 0.222. The van der Waals surface area contributed by atoms with Crippen molar-refractivity contribution < 1.29 is 18.3 Å². The SMILES string of the molecule is CN1C(=O)OCc2c(F)c(N)cc(F)c21. The summed E-state index contributed by atoms with van der Waals surface area (Å²) >= 11 is 0. The number of benzene rings is 1. The Hall–Kier alpha value is -1.85. The molecule has 80 valence electrons. The van der Waals surface area contributed by atoms with Gasteiger partial charge < -0.3 is 10.5 Å². The van der Waals surface area contributed by atoms with Gasteiger partial charge in [-0.1, -0.05) is 0 Å². The van der Waals surface area contributed by atoms with Crippen LogP contribution >= 0.6 is 0 Å². The van der Waals surface area contributed by atoms with Crippen molar-refractivity contribution in [1.82, 2.24) is 0 Å². The average Bonchev–Trinajstić information content (AvgIpc) is 2.18. The lowest BCUT2D eigenvalue weighted by molar-refractivity contribution is 0.141. The van der Waals surface area contributed by atoms with Gasteiger partial charge in [-0.3, -0.25) is 4.90 Å². The number of rotatable bonds is 0. The lowest BCUT2D eigenvalue weighted by atomic mass is 10.1. The molecule has 0 atom stereocenters. The summed E-state index contributed by atoms with van der Waals surface area (Å²) in [5, 5.41) is 0. The van der Waals surface area contributed by atoms with E-state index in [0.29, 0.717) is 0 Å². The lowest BCUT2D eigenvalue weighted by Gasteiger charge is -2.26. The Morgan fingerprint density at radius 1 is 1.53 bits per heavy atom. The fourth-order valence-corrected chi connectivity index (χ4v) is 1.51. The number of nitrogens with two attached hydrogens (primary N) is 1. The summed E-state index contributed by atoms with van der Waals surface area (Å²) in [6.07, 6.45) is -0.717. The molecule has 0 aromatic heterocycles. The highest BCUT2D eigenvalue weighted by atomic mass is 19.1. The molecule has 0 unspecified atom stereocenters. The van der Waals surface area contributed by atoms with E-state index in [9.17, 15) is 13.6 Å². The van der Waals surface area contributed by atoms with E-state index in [2.05, 4.69) is 4.74 Å². The third kappa shape index (κ3) is 1.29. The van der Waals surface area contributed by atoms with Gasteiger partial charge in [-0.25, -0.2) is 13.6 Å². The van der Waals surface area contributed by atoms with Crippen LogP contribution < -0.4 is 10.6 Å². The standard InChI is InChI=1S/C9H8F2N2O2/c1-13-8-4(3-15-9(13)14)7(11)6(12)2-5(8)10/h2H,3,12H2,1H3. The first-order valence-corrected chi connectivity index (χ1v) is 4.19. The zero-order valence-corrected chi connectivity index (χ0v) is 7.88. The number of halogens is 2. The summed E-state index contributed by atoms with van der Waals surface area (Å²) in [6, 6.07) is 0.850. The molecule has 1 aromatic rings. The molecular weight excluding hydrogens is 206 g/mol. The molecule has 4 nitrogen and oxygen atoms in total. The maximum atomic E-state index is 13.5. The molecule has 0 radical (unpaired) electrons. The van der Waals surface area contributed by atoms with Gasteiger partial charge in [0.2, 0.25) is 0 Å². The van der Waals surface area contributed by atoms with Crippen molar-refractivity contribution in [2.24, 2.45) is 0 Å².